The van der Waals surface area contributed by atoms with Gasteiger partial charge in [-0.25, -0.2) is 14.0 Å². The van der Waals surface area contributed by atoms with Gasteiger partial charge in [0.25, 0.3) is 0 Å². The topological polar surface area (TPSA) is 78.4 Å². The molecule has 0 aromatic heterocycles. The maximum absolute atomic E-state index is 13.5. The van der Waals surface area contributed by atoms with Crippen LogP contribution in [-0.4, -0.2) is 29.2 Å². The number of urea groups is 1. The van der Waals surface area contributed by atoms with Gasteiger partial charge >= 0.3 is 12.0 Å². The molecule has 2 aromatic rings. The Balaban J connectivity index is 1.23. The molecule has 4 bridgehead atoms. The molecule has 1 unspecified atom stereocenters. The first kappa shape index (κ1) is 21.9. The molecule has 0 heterocycles. The number of carbonyl (C=O) groups excluding carboxylic acids is 1. The molecule has 4 aliphatic carbocycles. The number of halogens is 1. The minimum atomic E-state index is -0.970. The smallest absolute Gasteiger partial charge is 0.335 e. The zero-order valence-corrected chi connectivity index (χ0v) is 18.7. The Hall–Kier alpha value is -2.89. The molecule has 4 saturated carbocycles. The summed E-state index contributed by atoms with van der Waals surface area (Å²) >= 11 is 0. The zero-order chi connectivity index (χ0) is 23.0. The van der Waals surface area contributed by atoms with E-state index in [9.17, 15) is 19.1 Å². The number of amides is 2. The number of hydrogen-bond acceptors (Lipinski definition) is 2. The number of hydrogen-bond donors (Lipinski definition) is 3. The van der Waals surface area contributed by atoms with Crippen molar-refractivity contribution in [2.24, 2.45) is 17.8 Å². The van der Waals surface area contributed by atoms with Crippen molar-refractivity contribution in [3.05, 3.63) is 71.0 Å². The van der Waals surface area contributed by atoms with Crippen LogP contribution in [0.2, 0.25) is 0 Å². The van der Waals surface area contributed by atoms with Gasteiger partial charge in [-0.15, -0.1) is 0 Å². The molecule has 3 N–H and O–H groups in total. The monoisotopic (exact) mass is 450 g/mol. The highest BCUT2D eigenvalue weighted by atomic mass is 19.1. The molecule has 2 amide bonds. The molecular weight excluding hydrogens is 419 g/mol. The Kier molecular flexibility index (Phi) is 5.85. The van der Waals surface area contributed by atoms with Gasteiger partial charge in [0.2, 0.25) is 0 Å². The van der Waals surface area contributed by atoms with Crippen LogP contribution in [0, 0.1) is 23.6 Å². The fraction of sp³-hybridized carbons (Fsp3) is 0.481. The fourth-order valence-electron chi connectivity index (χ4n) is 6.96. The lowest BCUT2D eigenvalue weighted by Gasteiger charge is -2.56. The van der Waals surface area contributed by atoms with E-state index in [1.165, 1.54) is 31.4 Å². The molecule has 0 saturated heterocycles. The van der Waals surface area contributed by atoms with Crippen molar-refractivity contribution in [1.82, 2.24) is 10.6 Å². The highest BCUT2D eigenvalue weighted by Crippen LogP contribution is 2.55. The van der Waals surface area contributed by atoms with Gasteiger partial charge in [0.05, 0.1) is 5.56 Å². The second kappa shape index (κ2) is 8.81. The standard InChI is InChI=1S/C27H31FN2O3/c28-23-7-5-21(6-8-23)24(20-1-3-22(4-2-20)25(31)32)9-10-29-26(33)30-27-14-17-11-18(15-27)13-19(12-17)16-27/h1-8,17-19,24H,9-16H2,(H,31,32)(H2,29,30,33). The maximum Gasteiger partial charge on any atom is 0.335 e. The average molecular weight is 451 g/mol. The highest BCUT2D eigenvalue weighted by Gasteiger charge is 2.51. The number of carboxylic acids is 1. The van der Waals surface area contributed by atoms with Crippen LogP contribution in [-0.2, 0) is 0 Å². The molecule has 1 atom stereocenters. The van der Waals surface area contributed by atoms with Crippen molar-refractivity contribution >= 4 is 12.0 Å². The third-order valence-corrected chi connectivity index (χ3v) is 7.97. The van der Waals surface area contributed by atoms with Crippen molar-refractivity contribution in [3.63, 3.8) is 0 Å². The van der Waals surface area contributed by atoms with Crippen LogP contribution in [0.1, 0.15) is 72.3 Å². The van der Waals surface area contributed by atoms with E-state index in [1.807, 2.05) is 0 Å². The molecule has 0 aliphatic heterocycles. The van der Waals surface area contributed by atoms with Crippen molar-refractivity contribution < 1.29 is 19.1 Å². The molecule has 5 nitrogen and oxygen atoms in total. The summed E-state index contributed by atoms with van der Waals surface area (Å²) in [4.78, 5) is 24.0. The number of carbonyl (C=O) groups is 2. The Morgan fingerprint density at radius 3 is 1.94 bits per heavy atom. The van der Waals surface area contributed by atoms with Crippen LogP contribution in [0.3, 0.4) is 0 Å². The van der Waals surface area contributed by atoms with Gasteiger partial charge in [-0.1, -0.05) is 24.3 Å². The van der Waals surface area contributed by atoms with Gasteiger partial charge in [0.1, 0.15) is 5.82 Å². The van der Waals surface area contributed by atoms with Crippen LogP contribution in [0.4, 0.5) is 9.18 Å². The van der Waals surface area contributed by atoms with Crippen LogP contribution in [0.25, 0.3) is 0 Å². The number of nitrogens with one attached hydrogen (secondary N) is 2. The lowest BCUT2D eigenvalue weighted by molar-refractivity contribution is -0.0135. The Bertz CT molecular complexity index is 983. The summed E-state index contributed by atoms with van der Waals surface area (Å²) in [6.07, 6.45) is 7.97. The predicted molar refractivity (Wildman–Crippen MR) is 124 cm³/mol. The summed E-state index contributed by atoms with van der Waals surface area (Å²) in [5, 5.41) is 15.6. The summed E-state index contributed by atoms with van der Waals surface area (Å²) in [5.41, 5.74) is 2.07. The van der Waals surface area contributed by atoms with Gasteiger partial charge in [-0.05, 0) is 98.1 Å². The van der Waals surface area contributed by atoms with Gasteiger partial charge < -0.3 is 15.7 Å². The Labute approximate surface area is 193 Å². The van der Waals surface area contributed by atoms with Crippen LogP contribution in [0.15, 0.2) is 48.5 Å². The summed E-state index contributed by atoms with van der Waals surface area (Å²) < 4.78 is 13.5. The molecule has 4 aliphatic rings. The van der Waals surface area contributed by atoms with Crippen molar-refractivity contribution in [1.29, 1.82) is 0 Å². The molecule has 0 spiro atoms. The van der Waals surface area contributed by atoms with E-state index in [1.54, 1.807) is 36.4 Å². The molecule has 0 radical (unpaired) electrons. The normalized spacial score (nSPS) is 28.3. The van der Waals surface area contributed by atoms with Crippen molar-refractivity contribution in [3.8, 4) is 0 Å². The zero-order valence-electron chi connectivity index (χ0n) is 18.7. The van der Waals surface area contributed by atoms with Gasteiger partial charge in [-0.2, -0.15) is 0 Å². The first-order valence-corrected chi connectivity index (χ1v) is 12.0. The third kappa shape index (κ3) is 4.75. The Morgan fingerprint density at radius 2 is 1.42 bits per heavy atom. The first-order chi connectivity index (χ1) is 15.9. The van der Waals surface area contributed by atoms with E-state index in [-0.39, 0.29) is 28.9 Å². The van der Waals surface area contributed by atoms with Gasteiger partial charge in [-0.3, -0.25) is 0 Å². The Morgan fingerprint density at radius 1 is 0.909 bits per heavy atom. The predicted octanol–water partition coefficient (Wildman–Crippen LogP) is 5.31. The maximum atomic E-state index is 13.5. The lowest BCUT2D eigenvalue weighted by Crippen LogP contribution is -2.61. The quantitative estimate of drug-likeness (QED) is 0.535. The number of rotatable bonds is 7. The van der Waals surface area contributed by atoms with E-state index in [2.05, 4.69) is 10.6 Å². The van der Waals surface area contributed by atoms with E-state index in [0.717, 1.165) is 48.1 Å². The van der Waals surface area contributed by atoms with E-state index < -0.39 is 5.97 Å². The summed E-state index contributed by atoms with van der Waals surface area (Å²) in [5.74, 6) is 0.970. The molecule has 33 heavy (non-hydrogen) atoms. The van der Waals surface area contributed by atoms with Gasteiger partial charge in [0, 0.05) is 18.0 Å². The number of carboxylic acid groups (broad SMARTS) is 1. The molecule has 6 rings (SSSR count). The second-order valence-corrected chi connectivity index (χ2v) is 10.4. The van der Waals surface area contributed by atoms with Gasteiger partial charge in [0.15, 0.2) is 0 Å². The minimum Gasteiger partial charge on any atom is -0.478 e. The largest absolute Gasteiger partial charge is 0.478 e. The number of benzene rings is 2. The lowest BCUT2D eigenvalue weighted by atomic mass is 9.53. The molecular formula is C27H31FN2O3. The van der Waals surface area contributed by atoms with Crippen LogP contribution < -0.4 is 10.6 Å². The molecule has 2 aromatic carbocycles. The summed E-state index contributed by atoms with van der Waals surface area (Å²) in [6, 6.07) is 13.0. The fourth-order valence-corrected chi connectivity index (χ4v) is 6.96. The molecule has 4 fully saturated rings. The average Bonchev–Trinajstić information content (AvgIpc) is 2.76. The summed E-state index contributed by atoms with van der Waals surface area (Å²) in [6.45, 7) is 0.473. The van der Waals surface area contributed by atoms with E-state index in [4.69, 9.17) is 0 Å². The minimum absolute atomic E-state index is 0.0259. The molecule has 6 heteroatoms. The summed E-state index contributed by atoms with van der Waals surface area (Å²) in [7, 11) is 0. The number of aromatic carboxylic acids is 1. The van der Waals surface area contributed by atoms with E-state index in [0.29, 0.717) is 13.0 Å². The van der Waals surface area contributed by atoms with Crippen LogP contribution >= 0.6 is 0 Å². The van der Waals surface area contributed by atoms with E-state index >= 15 is 0 Å². The highest BCUT2D eigenvalue weighted by molar-refractivity contribution is 5.87. The van der Waals surface area contributed by atoms with Crippen molar-refractivity contribution in [2.75, 3.05) is 6.54 Å². The second-order valence-electron chi connectivity index (χ2n) is 10.4. The molecule has 174 valence electrons. The SMILES string of the molecule is O=C(NCCC(c1ccc(F)cc1)c1ccc(C(=O)O)cc1)NC12CC3CC(CC(C3)C1)C2. The third-order valence-electron chi connectivity index (χ3n) is 7.97. The first-order valence-electron chi connectivity index (χ1n) is 12.0. The van der Waals surface area contributed by atoms with Crippen molar-refractivity contribution in [2.45, 2.75) is 56.4 Å². The van der Waals surface area contributed by atoms with Crippen LogP contribution in [0.5, 0.6) is 0 Å².